The first-order chi connectivity index (χ1) is 38.5. The molecule has 14 rings (SSSR count). The zero-order valence-electron chi connectivity index (χ0n) is 47.4. The smallest absolute Gasteiger partial charge is 0.137 e. The second kappa shape index (κ2) is 16.5. The van der Waals surface area contributed by atoms with Crippen LogP contribution in [-0.2, 0) is 19.4 Å². The maximum Gasteiger partial charge on any atom is 0.137 e. The van der Waals surface area contributed by atoms with E-state index >= 15 is 0 Å². The molecule has 1 aliphatic rings. The molecule has 0 radical (unpaired) electrons. The number of pyridine rings is 1. The van der Waals surface area contributed by atoms with E-state index < -0.39 is 14.0 Å². The van der Waals surface area contributed by atoms with Crippen LogP contribution in [0.25, 0.3) is 93.5 Å². The Hall–Kier alpha value is -9.07. The average molecular weight is 965 g/mol. The number of aryl methyl sites for hydroxylation is 3. The van der Waals surface area contributed by atoms with Crippen molar-refractivity contribution in [2.75, 3.05) is 16.5 Å². The summed E-state index contributed by atoms with van der Waals surface area (Å²) in [6.45, 7) is 3.53. The minimum absolute atomic E-state index is 0.202. The van der Waals surface area contributed by atoms with Gasteiger partial charge < -0.3 is 23.7 Å². The van der Waals surface area contributed by atoms with E-state index in [1.807, 2.05) is 128 Å². The van der Waals surface area contributed by atoms with Gasteiger partial charge in [0, 0.05) is 101 Å². The van der Waals surface area contributed by atoms with E-state index in [-0.39, 0.29) is 12.1 Å². The summed E-state index contributed by atoms with van der Waals surface area (Å²) in [6.07, 6.45) is 1.96. The average Bonchev–Trinajstić information content (AvgIpc) is 2.35. The van der Waals surface area contributed by atoms with Crippen LogP contribution in [0.1, 0.15) is 40.1 Å². The highest BCUT2D eigenvalue weighted by Crippen LogP contribution is 2.55. The summed E-state index contributed by atoms with van der Waals surface area (Å²) in [6, 6.07) is 66.8. The Morgan fingerprint density at radius 1 is 0.514 bits per heavy atom. The molecule has 0 N–H and O–H groups in total. The second-order valence-electron chi connectivity index (χ2n) is 20.6. The molecule has 13 aromatic rings. The molecule has 7 heteroatoms. The highest BCUT2D eigenvalue weighted by Gasteiger charge is 2.35. The van der Waals surface area contributed by atoms with Crippen molar-refractivity contribution in [3.05, 3.63) is 218 Å². The zero-order chi connectivity index (χ0) is 55.0. The number of para-hydroxylation sites is 5. The van der Waals surface area contributed by atoms with Gasteiger partial charge in [-0.25, -0.2) is 4.98 Å². The van der Waals surface area contributed by atoms with Crippen LogP contribution in [0.15, 0.2) is 206 Å². The van der Waals surface area contributed by atoms with Gasteiger partial charge in [-0.1, -0.05) is 148 Å². The zero-order valence-corrected chi connectivity index (χ0v) is 41.4. The van der Waals surface area contributed by atoms with Crippen molar-refractivity contribution in [2.45, 2.75) is 33.1 Å². The van der Waals surface area contributed by atoms with Gasteiger partial charge in [0.05, 0.1) is 39.1 Å². The van der Waals surface area contributed by atoms with Crippen LogP contribution in [0.5, 0.6) is 11.5 Å². The Bertz CT molecular complexity index is 4530. The lowest BCUT2D eigenvalue weighted by Gasteiger charge is -2.27. The van der Waals surface area contributed by atoms with Gasteiger partial charge in [-0.15, -0.1) is 0 Å². The van der Waals surface area contributed by atoms with Gasteiger partial charge in [0.2, 0.25) is 0 Å². The van der Waals surface area contributed by atoms with E-state index in [2.05, 4.69) is 121 Å². The largest absolute Gasteiger partial charge is 0.457 e. The SMILES string of the molecule is [2H]C([2H])([2H])n1c2ccccc2c2c(-c3ccccc3)c3c4ccccc4n(C([2H])([2H])[2H])c3c(N3CN(c4cc(Oc5ccc6c7ccccc7n(-c7cc(C)c(-c8ccccc8)cn7)c6c5)cc(C(C)(C)C)c4)c4ccccc43)c21. The lowest BCUT2D eigenvalue weighted by molar-refractivity contribution is 0.479. The quantitative estimate of drug-likeness (QED) is 0.160. The van der Waals surface area contributed by atoms with Gasteiger partial charge in [-0.3, -0.25) is 4.57 Å². The molecule has 7 nitrogen and oxygen atoms in total. The Labute approximate surface area is 438 Å². The third-order valence-electron chi connectivity index (χ3n) is 15.1. The summed E-state index contributed by atoms with van der Waals surface area (Å²) in [7, 11) is 0. The van der Waals surface area contributed by atoms with Crippen molar-refractivity contribution in [3.63, 3.8) is 0 Å². The molecule has 4 aromatic heterocycles. The van der Waals surface area contributed by atoms with Crippen LogP contribution >= 0.6 is 0 Å². The Morgan fingerprint density at radius 3 is 1.72 bits per heavy atom. The number of benzene rings is 9. The normalized spacial score (nSPS) is 14.4. The van der Waals surface area contributed by atoms with Gasteiger partial charge in [0.25, 0.3) is 0 Å². The van der Waals surface area contributed by atoms with E-state index in [0.29, 0.717) is 39.3 Å². The molecule has 0 unspecified atom stereocenters. The molecular weight excluding hydrogens is 905 g/mol. The van der Waals surface area contributed by atoms with Crippen LogP contribution in [0.2, 0.25) is 0 Å². The minimum atomic E-state index is -2.68. The number of anilines is 4. The van der Waals surface area contributed by atoms with Crippen LogP contribution in [0.4, 0.5) is 22.7 Å². The highest BCUT2D eigenvalue weighted by molar-refractivity contribution is 6.33. The molecule has 358 valence electrons. The number of hydrogen-bond acceptors (Lipinski definition) is 4. The third kappa shape index (κ3) is 6.62. The van der Waals surface area contributed by atoms with E-state index in [0.717, 1.165) is 99.6 Å². The molecule has 0 saturated heterocycles. The summed E-state index contributed by atoms with van der Waals surface area (Å²) < 4.78 is 68.0. The van der Waals surface area contributed by atoms with E-state index in [1.54, 1.807) is 0 Å². The molecular formula is C67H54N6O. The molecule has 0 fully saturated rings. The summed E-state index contributed by atoms with van der Waals surface area (Å²) >= 11 is 0. The Kier molecular flexibility index (Phi) is 8.39. The van der Waals surface area contributed by atoms with Crippen molar-refractivity contribution in [2.24, 2.45) is 14.0 Å². The molecule has 74 heavy (non-hydrogen) atoms. The van der Waals surface area contributed by atoms with Gasteiger partial charge in [0.15, 0.2) is 0 Å². The number of aromatic nitrogens is 4. The molecule has 0 atom stereocenters. The highest BCUT2D eigenvalue weighted by atomic mass is 16.5. The fourth-order valence-electron chi connectivity index (χ4n) is 11.7. The molecule has 0 spiro atoms. The number of hydrogen-bond donors (Lipinski definition) is 0. The fourth-order valence-corrected chi connectivity index (χ4v) is 11.7. The lowest BCUT2D eigenvalue weighted by atomic mass is 9.86. The molecule has 9 aromatic carbocycles. The Balaban J connectivity index is 0.968. The van der Waals surface area contributed by atoms with Crippen LogP contribution in [0.3, 0.4) is 0 Å². The predicted octanol–water partition coefficient (Wildman–Crippen LogP) is 17.4. The van der Waals surface area contributed by atoms with Gasteiger partial charge in [-0.05, 0) is 95.3 Å². The maximum absolute atomic E-state index is 9.31. The number of ether oxygens (including phenoxy) is 1. The fraction of sp³-hybridized carbons (Fsp3) is 0.119. The molecule has 0 saturated carbocycles. The first kappa shape index (κ1) is 37.7. The number of nitrogens with zero attached hydrogens (tertiary/aromatic N) is 6. The van der Waals surface area contributed by atoms with Gasteiger partial charge in [-0.2, -0.15) is 0 Å². The first-order valence-corrected chi connectivity index (χ1v) is 25.1. The van der Waals surface area contributed by atoms with Gasteiger partial charge >= 0.3 is 0 Å². The van der Waals surface area contributed by atoms with E-state index in [9.17, 15) is 8.22 Å². The molecule has 0 aliphatic carbocycles. The standard InChI is InChI=1S/C67H54N6O/c1-42-35-60(68-40-53(42)43-21-9-7-10-22-43)73-56-30-18-13-25-49(56)50-34-33-47(39-59(50)73)74-48-37-45(67(2,3)4)36-46(38-48)71-41-72(58-32-20-19-31-57(58)71)66-64-62(51-26-14-16-28-54(51)69(64)5)61(44-23-11-8-12-24-44)63-52-27-15-17-29-55(52)70(6)65(63)66/h7-40H,41H2,1-6H3/i5D3,6D3. The number of fused-ring (bicyclic) bond motifs is 10. The minimum Gasteiger partial charge on any atom is -0.457 e. The molecule has 0 amide bonds. The van der Waals surface area contributed by atoms with E-state index in [4.69, 9.17) is 9.72 Å². The Morgan fingerprint density at radius 2 is 1.08 bits per heavy atom. The number of rotatable bonds is 7. The predicted molar refractivity (Wildman–Crippen MR) is 309 cm³/mol. The molecule has 0 bridgehead atoms. The van der Waals surface area contributed by atoms with Crippen LogP contribution < -0.4 is 14.5 Å². The van der Waals surface area contributed by atoms with Gasteiger partial charge in [0.1, 0.15) is 24.0 Å². The maximum atomic E-state index is 9.31. The third-order valence-corrected chi connectivity index (χ3v) is 15.1. The van der Waals surface area contributed by atoms with Crippen molar-refractivity contribution in [1.29, 1.82) is 0 Å². The molecule has 1 aliphatic heterocycles. The summed E-state index contributed by atoms with van der Waals surface area (Å²) in [4.78, 5) is 9.42. The van der Waals surface area contributed by atoms with Crippen molar-refractivity contribution >= 4 is 88.2 Å². The topological polar surface area (TPSA) is 43.4 Å². The van der Waals surface area contributed by atoms with Crippen molar-refractivity contribution in [1.82, 2.24) is 18.7 Å². The first-order valence-electron chi connectivity index (χ1n) is 28.1. The van der Waals surface area contributed by atoms with Crippen molar-refractivity contribution < 1.29 is 13.0 Å². The van der Waals surface area contributed by atoms with Crippen LogP contribution in [-0.4, -0.2) is 25.4 Å². The van der Waals surface area contributed by atoms with E-state index in [1.165, 1.54) is 9.13 Å². The lowest BCUT2D eigenvalue weighted by Crippen LogP contribution is -2.25. The summed E-state index contributed by atoms with van der Waals surface area (Å²) in [5.74, 6) is 2.09. The van der Waals surface area contributed by atoms with Crippen LogP contribution in [0, 0.1) is 6.92 Å². The summed E-state index contributed by atoms with van der Waals surface area (Å²) in [5.41, 5.74) is 12.5. The molecule has 5 heterocycles. The monoisotopic (exact) mass is 964 g/mol. The second-order valence-corrected chi connectivity index (χ2v) is 20.6. The van der Waals surface area contributed by atoms with Crippen molar-refractivity contribution in [3.8, 4) is 39.6 Å². The summed E-state index contributed by atoms with van der Waals surface area (Å²) in [5, 5.41) is 5.14.